The Balaban J connectivity index is 1.81. The third-order valence-electron chi connectivity index (χ3n) is 4.71. The topological polar surface area (TPSA) is 90.0 Å². The molecule has 8 heteroatoms. The van der Waals surface area contributed by atoms with Crippen molar-refractivity contribution in [3.8, 4) is 0 Å². The third kappa shape index (κ3) is 4.20. The molecular formula is C17H25N3O4S. The van der Waals surface area contributed by atoms with Crippen LogP contribution in [-0.2, 0) is 10.0 Å². The van der Waals surface area contributed by atoms with E-state index in [0.717, 1.165) is 19.5 Å². The lowest BCUT2D eigenvalue weighted by atomic mass is 10.1. The Morgan fingerprint density at radius 3 is 2.80 bits per heavy atom. The molecule has 138 valence electrons. The van der Waals surface area contributed by atoms with Crippen LogP contribution in [-0.4, -0.2) is 74.0 Å². The van der Waals surface area contributed by atoms with Crippen molar-refractivity contribution in [2.45, 2.75) is 30.3 Å². The molecule has 1 aromatic carbocycles. The van der Waals surface area contributed by atoms with E-state index in [-0.39, 0.29) is 17.3 Å². The Kier molecular flexibility index (Phi) is 5.73. The highest BCUT2D eigenvalue weighted by molar-refractivity contribution is 7.89. The minimum Gasteiger partial charge on any atom is -0.392 e. The van der Waals surface area contributed by atoms with E-state index in [1.165, 1.54) is 16.4 Å². The number of β-amino-alcohol motifs (C(OH)–C–C–N with tert-alkyl or cyclic N) is 1. The molecule has 1 atom stereocenters. The smallest absolute Gasteiger partial charge is 0.253 e. The number of nitrogens with zero attached hydrogens (tertiary/aromatic N) is 2. The van der Waals surface area contributed by atoms with Gasteiger partial charge in [-0.2, -0.15) is 4.31 Å². The summed E-state index contributed by atoms with van der Waals surface area (Å²) in [6.07, 6.45) is 1.51. The van der Waals surface area contributed by atoms with Gasteiger partial charge in [-0.05, 0) is 44.0 Å². The lowest BCUT2D eigenvalue weighted by molar-refractivity contribution is 0.0766. The Hall–Kier alpha value is -1.48. The predicted octanol–water partition coefficient (Wildman–Crippen LogP) is 0.268. The van der Waals surface area contributed by atoms with Crippen molar-refractivity contribution in [1.82, 2.24) is 14.5 Å². The van der Waals surface area contributed by atoms with E-state index in [1.54, 1.807) is 17.0 Å². The van der Waals surface area contributed by atoms with E-state index in [2.05, 4.69) is 5.32 Å². The summed E-state index contributed by atoms with van der Waals surface area (Å²) in [6, 6.07) is 6.23. The van der Waals surface area contributed by atoms with Gasteiger partial charge in [-0.15, -0.1) is 0 Å². The van der Waals surface area contributed by atoms with Crippen LogP contribution in [0.1, 0.15) is 29.6 Å². The van der Waals surface area contributed by atoms with Crippen molar-refractivity contribution in [1.29, 1.82) is 0 Å². The molecule has 0 aliphatic carbocycles. The quantitative estimate of drug-likeness (QED) is 0.800. The van der Waals surface area contributed by atoms with Crippen LogP contribution in [0, 0.1) is 0 Å². The first-order valence-corrected chi connectivity index (χ1v) is 10.2. The maximum Gasteiger partial charge on any atom is 0.253 e. The molecule has 0 unspecified atom stereocenters. The largest absolute Gasteiger partial charge is 0.392 e. The molecule has 0 bridgehead atoms. The highest BCUT2D eigenvalue weighted by Crippen LogP contribution is 2.22. The van der Waals surface area contributed by atoms with Gasteiger partial charge in [0.25, 0.3) is 5.91 Å². The second kappa shape index (κ2) is 7.82. The van der Waals surface area contributed by atoms with Gasteiger partial charge in [0.1, 0.15) is 0 Å². The summed E-state index contributed by atoms with van der Waals surface area (Å²) in [5.74, 6) is -0.139. The molecule has 2 aliphatic heterocycles. The number of nitrogens with one attached hydrogen (secondary N) is 1. The molecule has 1 amide bonds. The van der Waals surface area contributed by atoms with Gasteiger partial charge in [0.15, 0.2) is 0 Å². The normalized spacial score (nSPS) is 23.2. The molecule has 3 rings (SSSR count). The van der Waals surface area contributed by atoms with Crippen LogP contribution in [0.15, 0.2) is 29.2 Å². The van der Waals surface area contributed by atoms with Gasteiger partial charge in [-0.1, -0.05) is 6.07 Å². The maximum atomic E-state index is 12.8. The number of hydrogen-bond donors (Lipinski definition) is 2. The number of carbonyl (C=O) groups is 1. The molecule has 0 radical (unpaired) electrons. The molecular weight excluding hydrogens is 342 g/mol. The maximum absolute atomic E-state index is 12.8. The highest BCUT2D eigenvalue weighted by atomic mass is 32.2. The third-order valence-corrected chi connectivity index (χ3v) is 6.57. The average molecular weight is 367 g/mol. The van der Waals surface area contributed by atoms with Crippen LogP contribution >= 0.6 is 0 Å². The molecule has 2 aliphatic rings. The van der Waals surface area contributed by atoms with Gasteiger partial charge in [0, 0.05) is 38.3 Å². The van der Waals surface area contributed by atoms with E-state index in [0.29, 0.717) is 38.0 Å². The number of hydrogen-bond acceptors (Lipinski definition) is 5. The Labute approximate surface area is 148 Å². The fraction of sp³-hybridized carbons (Fsp3) is 0.588. The van der Waals surface area contributed by atoms with Gasteiger partial charge >= 0.3 is 0 Å². The lowest BCUT2D eigenvalue weighted by Gasteiger charge is -2.29. The molecule has 0 spiro atoms. The summed E-state index contributed by atoms with van der Waals surface area (Å²) in [6.45, 7) is 3.42. The van der Waals surface area contributed by atoms with Gasteiger partial charge in [-0.25, -0.2) is 8.42 Å². The second-order valence-electron chi connectivity index (χ2n) is 6.58. The zero-order chi connectivity index (χ0) is 17.9. The van der Waals surface area contributed by atoms with Gasteiger partial charge in [-0.3, -0.25) is 4.79 Å². The Bertz CT molecular complexity index is 714. The first kappa shape index (κ1) is 18.3. The van der Waals surface area contributed by atoms with Gasteiger partial charge in [0.2, 0.25) is 10.0 Å². The van der Waals surface area contributed by atoms with Crippen molar-refractivity contribution < 1.29 is 18.3 Å². The Morgan fingerprint density at radius 1 is 1.16 bits per heavy atom. The lowest BCUT2D eigenvalue weighted by Crippen LogP contribution is -2.42. The van der Waals surface area contributed by atoms with Crippen molar-refractivity contribution in [3.05, 3.63) is 29.8 Å². The second-order valence-corrected chi connectivity index (χ2v) is 8.52. The number of carbonyl (C=O) groups excluding carboxylic acids is 1. The number of amides is 1. The molecule has 0 saturated carbocycles. The number of rotatable bonds is 3. The van der Waals surface area contributed by atoms with Crippen molar-refractivity contribution in [3.63, 3.8) is 0 Å². The molecule has 2 N–H and O–H groups in total. The molecule has 7 nitrogen and oxygen atoms in total. The summed E-state index contributed by atoms with van der Waals surface area (Å²) in [5.41, 5.74) is 0.389. The van der Waals surface area contributed by atoms with E-state index in [1.807, 2.05) is 0 Å². The van der Waals surface area contributed by atoms with Crippen molar-refractivity contribution in [2.24, 2.45) is 0 Å². The van der Waals surface area contributed by atoms with E-state index in [9.17, 15) is 18.3 Å². The van der Waals surface area contributed by atoms with E-state index in [4.69, 9.17) is 0 Å². The van der Waals surface area contributed by atoms with Gasteiger partial charge in [0.05, 0.1) is 11.0 Å². The van der Waals surface area contributed by atoms with E-state index < -0.39 is 16.1 Å². The molecule has 2 fully saturated rings. The highest BCUT2D eigenvalue weighted by Gasteiger charge is 2.30. The molecule has 2 heterocycles. The number of sulfonamides is 1. The fourth-order valence-corrected chi connectivity index (χ4v) is 4.87. The van der Waals surface area contributed by atoms with Crippen LogP contribution in [0.3, 0.4) is 0 Å². The van der Waals surface area contributed by atoms with Crippen LogP contribution in [0.5, 0.6) is 0 Å². The minimum absolute atomic E-state index is 0.109. The summed E-state index contributed by atoms with van der Waals surface area (Å²) in [5, 5.41) is 13.0. The molecule has 0 aromatic heterocycles. The van der Waals surface area contributed by atoms with Crippen molar-refractivity contribution >= 4 is 15.9 Å². The van der Waals surface area contributed by atoms with Crippen LogP contribution in [0.4, 0.5) is 0 Å². The van der Waals surface area contributed by atoms with Crippen molar-refractivity contribution in [2.75, 3.05) is 39.3 Å². The predicted molar refractivity (Wildman–Crippen MR) is 93.8 cm³/mol. The summed E-state index contributed by atoms with van der Waals surface area (Å²) in [4.78, 5) is 14.6. The SMILES string of the molecule is O=C(c1cccc(S(=O)(=O)N2CCC[C@H](O)C2)c1)N1CCCNCC1. The first-order chi connectivity index (χ1) is 12.0. The zero-order valence-corrected chi connectivity index (χ0v) is 15.0. The number of benzene rings is 1. The van der Waals surface area contributed by atoms with Crippen LogP contribution in [0.2, 0.25) is 0 Å². The number of aliphatic hydroxyl groups excluding tert-OH is 1. The fourth-order valence-electron chi connectivity index (χ4n) is 3.31. The van der Waals surface area contributed by atoms with Crippen LogP contribution in [0.25, 0.3) is 0 Å². The Morgan fingerprint density at radius 2 is 2.00 bits per heavy atom. The molecule has 25 heavy (non-hydrogen) atoms. The average Bonchev–Trinajstić information content (AvgIpc) is 2.90. The monoisotopic (exact) mass is 367 g/mol. The molecule has 1 aromatic rings. The summed E-state index contributed by atoms with van der Waals surface area (Å²) in [7, 11) is -3.70. The first-order valence-electron chi connectivity index (χ1n) is 8.77. The van der Waals surface area contributed by atoms with Crippen LogP contribution < -0.4 is 5.32 Å². The summed E-state index contributed by atoms with van der Waals surface area (Å²) < 4.78 is 26.9. The number of aliphatic hydroxyl groups is 1. The van der Waals surface area contributed by atoms with Gasteiger partial charge < -0.3 is 15.3 Å². The minimum atomic E-state index is -3.70. The zero-order valence-electron chi connectivity index (χ0n) is 14.2. The summed E-state index contributed by atoms with van der Waals surface area (Å²) >= 11 is 0. The number of piperidine rings is 1. The van der Waals surface area contributed by atoms with E-state index >= 15 is 0 Å². The molecule has 2 saturated heterocycles. The standard InChI is InChI=1S/C17H25N3O4S/c21-15-5-2-10-20(13-15)25(23,24)16-6-1-4-14(12-16)17(22)19-9-3-7-18-8-11-19/h1,4,6,12,15,18,21H,2-3,5,7-11,13H2/t15-/m0/s1.